The maximum absolute atomic E-state index is 13.2. The molecule has 1 fully saturated rings. The zero-order valence-electron chi connectivity index (χ0n) is 15.5. The Morgan fingerprint density at radius 3 is 2.60 bits per heavy atom. The molecule has 2 aromatic rings. The van der Waals surface area contributed by atoms with Crippen LogP contribution in [0.4, 0.5) is 0 Å². The van der Waals surface area contributed by atoms with Gasteiger partial charge in [0.05, 0.1) is 12.1 Å². The molecule has 1 aromatic carbocycles. The Bertz CT molecular complexity index is 771. The second-order valence-corrected chi connectivity index (χ2v) is 7.73. The van der Waals surface area contributed by atoms with Crippen LogP contribution in [0.15, 0.2) is 24.3 Å². The second-order valence-electron chi connectivity index (χ2n) is 7.73. The largest absolute Gasteiger partial charge is 0.301 e. The Hall–Kier alpha value is -1.65. The van der Waals surface area contributed by atoms with Gasteiger partial charge in [-0.1, -0.05) is 32.0 Å². The van der Waals surface area contributed by atoms with Crippen molar-refractivity contribution in [2.45, 2.75) is 33.1 Å². The van der Waals surface area contributed by atoms with Crippen LogP contribution in [0.5, 0.6) is 0 Å². The highest BCUT2D eigenvalue weighted by atomic mass is 16.2. The molecule has 0 amide bonds. The molecule has 0 N–H and O–H groups in total. The molecular weight excluding hydrogens is 310 g/mol. The van der Waals surface area contributed by atoms with E-state index in [9.17, 15) is 4.79 Å². The van der Waals surface area contributed by atoms with E-state index in [0.717, 1.165) is 51.1 Å². The van der Waals surface area contributed by atoms with Crippen LogP contribution in [0.1, 0.15) is 36.3 Å². The predicted octanol–water partition coefficient (Wildman–Crippen LogP) is 3.04. The van der Waals surface area contributed by atoms with Crippen LogP contribution >= 0.6 is 0 Å². The van der Waals surface area contributed by atoms with Crippen LogP contribution < -0.4 is 0 Å². The number of hydrogen-bond donors (Lipinski definition) is 0. The van der Waals surface area contributed by atoms with Crippen molar-refractivity contribution in [1.29, 1.82) is 0 Å². The van der Waals surface area contributed by atoms with Gasteiger partial charge >= 0.3 is 0 Å². The summed E-state index contributed by atoms with van der Waals surface area (Å²) in [4.78, 5) is 18.0. The Labute approximate surface area is 150 Å². The summed E-state index contributed by atoms with van der Waals surface area (Å²) < 4.78 is 2.04. The molecule has 1 saturated heterocycles. The molecule has 4 heteroatoms. The molecule has 2 aliphatic rings. The number of hydrogen-bond acceptors (Lipinski definition) is 3. The molecule has 0 radical (unpaired) electrons. The molecule has 0 saturated carbocycles. The van der Waals surface area contributed by atoms with Gasteiger partial charge in [-0.25, -0.2) is 0 Å². The van der Waals surface area contributed by atoms with Crippen molar-refractivity contribution in [3.63, 3.8) is 0 Å². The summed E-state index contributed by atoms with van der Waals surface area (Å²) in [6.07, 6.45) is 3.32. The molecule has 0 spiro atoms. The highest BCUT2D eigenvalue weighted by Gasteiger charge is 2.27. The van der Waals surface area contributed by atoms with Crippen LogP contribution in [-0.4, -0.2) is 59.5 Å². The number of nitrogens with zero attached hydrogens (tertiary/aromatic N) is 3. The van der Waals surface area contributed by atoms with Crippen molar-refractivity contribution in [3.05, 3.63) is 35.5 Å². The molecule has 2 heterocycles. The molecule has 4 nitrogen and oxygen atoms in total. The summed E-state index contributed by atoms with van der Waals surface area (Å²) in [6.45, 7) is 10.3. The summed E-state index contributed by atoms with van der Waals surface area (Å²) in [6, 6.07) is 8.46. The van der Waals surface area contributed by atoms with Gasteiger partial charge < -0.3 is 4.90 Å². The Balaban J connectivity index is 1.62. The number of carbonyl (C=O) groups is 1. The molecule has 0 unspecified atom stereocenters. The maximum atomic E-state index is 13.2. The lowest BCUT2D eigenvalue weighted by molar-refractivity contribution is 0.0782. The van der Waals surface area contributed by atoms with Crippen LogP contribution in [-0.2, 0) is 12.8 Å². The zero-order chi connectivity index (χ0) is 17.4. The Morgan fingerprint density at radius 2 is 1.84 bits per heavy atom. The second kappa shape index (κ2) is 6.93. The highest BCUT2D eigenvalue weighted by molar-refractivity contribution is 5.97. The number of fused-ring (bicyclic) bond motifs is 3. The monoisotopic (exact) mass is 339 g/mol. The van der Waals surface area contributed by atoms with Gasteiger partial charge in [0, 0.05) is 37.3 Å². The lowest BCUT2D eigenvalue weighted by Crippen LogP contribution is -2.48. The fraction of sp³-hybridized carbons (Fsp3) is 0.571. The van der Waals surface area contributed by atoms with Gasteiger partial charge in [-0.2, -0.15) is 0 Å². The third kappa shape index (κ3) is 3.13. The third-order valence-electron chi connectivity index (χ3n) is 6.04. The van der Waals surface area contributed by atoms with Crippen LogP contribution in [0, 0.1) is 5.92 Å². The number of benzene rings is 1. The van der Waals surface area contributed by atoms with Crippen LogP contribution in [0.25, 0.3) is 10.9 Å². The first-order chi connectivity index (χ1) is 12.2. The lowest BCUT2D eigenvalue weighted by atomic mass is 9.88. The average molecular weight is 339 g/mol. The number of para-hydroxylation sites is 1. The zero-order valence-corrected chi connectivity index (χ0v) is 15.5. The third-order valence-corrected chi connectivity index (χ3v) is 6.04. The number of piperazine rings is 1. The van der Waals surface area contributed by atoms with Gasteiger partial charge in [-0.05, 0) is 43.4 Å². The van der Waals surface area contributed by atoms with Gasteiger partial charge in [0.1, 0.15) is 0 Å². The fourth-order valence-corrected chi connectivity index (χ4v) is 4.49. The van der Waals surface area contributed by atoms with Crippen molar-refractivity contribution in [2.24, 2.45) is 5.92 Å². The van der Waals surface area contributed by atoms with Crippen molar-refractivity contribution in [3.8, 4) is 0 Å². The van der Waals surface area contributed by atoms with Crippen molar-refractivity contribution in [2.75, 3.05) is 39.3 Å². The first-order valence-electron chi connectivity index (χ1n) is 9.76. The summed E-state index contributed by atoms with van der Waals surface area (Å²) >= 11 is 0. The number of rotatable bonds is 3. The topological polar surface area (TPSA) is 28.5 Å². The normalized spacial score (nSPS) is 22.2. The maximum Gasteiger partial charge on any atom is 0.245 e. The van der Waals surface area contributed by atoms with Crippen molar-refractivity contribution in [1.82, 2.24) is 14.4 Å². The molecule has 134 valence electrons. The van der Waals surface area contributed by atoms with Gasteiger partial charge in [-0.15, -0.1) is 0 Å². The molecule has 0 bridgehead atoms. The van der Waals surface area contributed by atoms with Gasteiger partial charge in [-0.3, -0.25) is 14.3 Å². The van der Waals surface area contributed by atoms with Crippen molar-refractivity contribution >= 4 is 16.8 Å². The van der Waals surface area contributed by atoms with Gasteiger partial charge in [0.2, 0.25) is 5.91 Å². The van der Waals surface area contributed by atoms with Gasteiger partial charge in [0.25, 0.3) is 0 Å². The van der Waals surface area contributed by atoms with E-state index in [4.69, 9.17) is 0 Å². The highest BCUT2D eigenvalue weighted by Crippen LogP contribution is 2.34. The Morgan fingerprint density at radius 1 is 1.12 bits per heavy atom. The quantitative estimate of drug-likeness (QED) is 0.860. The molecule has 25 heavy (non-hydrogen) atoms. The minimum atomic E-state index is 0.247. The van der Waals surface area contributed by atoms with Crippen LogP contribution in [0.3, 0.4) is 0 Å². The molecule has 1 atom stereocenters. The number of carbonyl (C=O) groups excluding carboxylic acids is 1. The summed E-state index contributed by atoms with van der Waals surface area (Å²) in [7, 11) is 0. The molecule has 1 aliphatic carbocycles. The Kier molecular flexibility index (Phi) is 4.65. The van der Waals surface area contributed by atoms with E-state index in [1.54, 1.807) is 0 Å². The minimum Gasteiger partial charge on any atom is -0.301 e. The molecule has 1 aromatic heterocycles. The van der Waals surface area contributed by atoms with E-state index in [1.807, 2.05) is 4.57 Å². The summed E-state index contributed by atoms with van der Waals surface area (Å²) in [5, 5.41) is 1.29. The number of aromatic nitrogens is 1. The van der Waals surface area contributed by atoms with E-state index < -0.39 is 0 Å². The van der Waals surface area contributed by atoms with E-state index in [0.29, 0.717) is 12.5 Å². The number of likely N-dealkylation sites (N-methyl/N-ethyl adjacent to an activating group) is 1. The summed E-state index contributed by atoms with van der Waals surface area (Å²) in [5.41, 5.74) is 3.80. The van der Waals surface area contributed by atoms with E-state index in [-0.39, 0.29) is 5.91 Å². The van der Waals surface area contributed by atoms with E-state index in [1.165, 1.54) is 23.1 Å². The smallest absolute Gasteiger partial charge is 0.245 e. The van der Waals surface area contributed by atoms with Crippen molar-refractivity contribution < 1.29 is 4.79 Å². The van der Waals surface area contributed by atoms with E-state index in [2.05, 4.69) is 47.9 Å². The van der Waals surface area contributed by atoms with Gasteiger partial charge in [0.15, 0.2) is 0 Å². The SMILES string of the molecule is CCN1CCN(CC(=O)n2c3c(c4ccccc42)C[C@@H](C)CC3)CC1. The molecular formula is C21H29N3O. The first kappa shape index (κ1) is 16.8. The predicted molar refractivity (Wildman–Crippen MR) is 102 cm³/mol. The average Bonchev–Trinajstić information content (AvgIpc) is 2.96. The van der Waals surface area contributed by atoms with Crippen LogP contribution in [0.2, 0.25) is 0 Å². The standard InChI is InChI=1S/C21H29N3O/c1-3-22-10-12-23(13-11-22)15-21(25)24-19-7-5-4-6-17(19)18-14-16(2)8-9-20(18)24/h4-7,16H,3,8-15H2,1-2H3/t16-/m0/s1. The molecule has 1 aliphatic heterocycles. The fourth-order valence-electron chi connectivity index (χ4n) is 4.49. The molecule has 4 rings (SSSR count). The lowest BCUT2D eigenvalue weighted by Gasteiger charge is -2.33. The summed E-state index contributed by atoms with van der Waals surface area (Å²) in [5.74, 6) is 0.959. The van der Waals surface area contributed by atoms with E-state index >= 15 is 0 Å². The first-order valence-corrected chi connectivity index (χ1v) is 9.76. The minimum absolute atomic E-state index is 0.247.